The Hall–Kier alpha value is -3.83. The Balaban J connectivity index is 1.28. The van der Waals surface area contributed by atoms with E-state index in [0.29, 0.717) is 5.75 Å². The highest BCUT2D eigenvalue weighted by atomic mass is 16.5. The van der Waals surface area contributed by atoms with E-state index >= 15 is 0 Å². The summed E-state index contributed by atoms with van der Waals surface area (Å²) in [4.78, 5) is 11.0. The maximum atomic E-state index is 11.0. The van der Waals surface area contributed by atoms with Crippen LogP contribution in [0.2, 0.25) is 0 Å². The van der Waals surface area contributed by atoms with Gasteiger partial charge in [0.25, 0.3) is 0 Å². The molecule has 0 saturated carbocycles. The van der Waals surface area contributed by atoms with Crippen LogP contribution in [0, 0.1) is 6.92 Å². The molecule has 184 valence electrons. The predicted molar refractivity (Wildman–Crippen MR) is 142 cm³/mol. The molecule has 0 spiro atoms. The van der Waals surface area contributed by atoms with Crippen LogP contribution < -0.4 is 14.8 Å². The Labute approximate surface area is 211 Å². The van der Waals surface area contributed by atoms with Gasteiger partial charge in [-0.3, -0.25) is 0 Å². The van der Waals surface area contributed by atoms with E-state index < -0.39 is 5.97 Å². The van der Waals surface area contributed by atoms with E-state index in [1.807, 2.05) is 37.3 Å². The highest BCUT2D eigenvalue weighted by Gasteiger charge is 2.29. The SMILES string of the molecule is Cc1cc(OCC(=O)O)cc(C2CC(CNCCc3cccc4ccccc34)Oc3ccccc32)c1. The number of fused-ring (bicyclic) bond motifs is 2. The molecule has 0 fully saturated rings. The number of rotatable bonds is 9. The molecule has 0 aromatic heterocycles. The lowest BCUT2D eigenvalue weighted by molar-refractivity contribution is -0.139. The van der Waals surface area contributed by atoms with Gasteiger partial charge in [-0.25, -0.2) is 4.79 Å². The molecule has 2 N–H and O–H groups in total. The second kappa shape index (κ2) is 10.8. The van der Waals surface area contributed by atoms with Gasteiger partial charge in [-0.15, -0.1) is 0 Å². The molecule has 36 heavy (non-hydrogen) atoms. The molecular weight excluding hydrogens is 450 g/mol. The van der Waals surface area contributed by atoms with Gasteiger partial charge in [0.05, 0.1) is 0 Å². The van der Waals surface area contributed by atoms with Crippen molar-refractivity contribution in [1.82, 2.24) is 5.32 Å². The molecule has 0 bridgehead atoms. The van der Waals surface area contributed by atoms with Crippen LogP contribution in [0.25, 0.3) is 10.8 Å². The quantitative estimate of drug-likeness (QED) is 0.299. The van der Waals surface area contributed by atoms with Gasteiger partial charge in [0, 0.05) is 18.0 Å². The molecule has 2 unspecified atom stereocenters. The average molecular weight is 482 g/mol. The number of carboxylic acid groups (broad SMARTS) is 1. The van der Waals surface area contributed by atoms with Crippen LogP contribution in [-0.2, 0) is 11.2 Å². The summed E-state index contributed by atoms with van der Waals surface area (Å²) in [5, 5.41) is 15.2. The molecule has 5 heteroatoms. The van der Waals surface area contributed by atoms with Crippen molar-refractivity contribution in [1.29, 1.82) is 0 Å². The molecule has 0 saturated heterocycles. The highest BCUT2D eigenvalue weighted by Crippen LogP contribution is 2.41. The van der Waals surface area contributed by atoms with E-state index in [2.05, 4.69) is 59.9 Å². The van der Waals surface area contributed by atoms with Crippen molar-refractivity contribution in [2.75, 3.05) is 19.7 Å². The van der Waals surface area contributed by atoms with Crippen LogP contribution in [0.3, 0.4) is 0 Å². The normalized spacial score (nSPS) is 16.8. The Bertz CT molecular complexity index is 1360. The molecule has 0 radical (unpaired) electrons. The molecule has 5 rings (SSSR count). The minimum Gasteiger partial charge on any atom is -0.489 e. The number of ether oxygens (including phenoxy) is 2. The number of hydrogen-bond acceptors (Lipinski definition) is 4. The fraction of sp³-hybridized carbons (Fsp3) is 0.258. The summed E-state index contributed by atoms with van der Waals surface area (Å²) in [6.45, 7) is 3.28. The summed E-state index contributed by atoms with van der Waals surface area (Å²) in [5.41, 5.74) is 4.66. The first-order valence-electron chi connectivity index (χ1n) is 12.5. The number of carbonyl (C=O) groups is 1. The third-order valence-corrected chi connectivity index (χ3v) is 6.75. The average Bonchev–Trinajstić information content (AvgIpc) is 2.89. The molecule has 1 aliphatic rings. The summed E-state index contributed by atoms with van der Waals surface area (Å²) in [5.74, 6) is 0.654. The number of para-hydroxylation sites is 1. The molecule has 0 amide bonds. The summed E-state index contributed by atoms with van der Waals surface area (Å²) in [6.07, 6.45) is 1.82. The Kier molecular flexibility index (Phi) is 7.19. The minimum atomic E-state index is -0.982. The first kappa shape index (κ1) is 23.9. The Morgan fingerprint density at radius 3 is 2.72 bits per heavy atom. The zero-order valence-corrected chi connectivity index (χ0v) is 20.4. The minimum absolute atomic E-state index is 0.0290. The van der Waals surface area contributed by atoms with Gasteiger partial charge >= 0.3 is 5.97 Å². The first-order chi connectivity index (χ1) is 17.6. The van der Waals surface area contributed by atoms with Crippen molar-refractivity contribution in [3.63, 3.8) is 0 Å². The molecule has 1 heterocycles. The van der Waals surface area contributed by atoms with Crippen LogP contribution in [0.1, 0.15) is 34.6 Å². The van der Waals surface area contributed by atoms with Crippen molar-refractivity contribution in [3.05, 3.63) is 107 Å². The van der Waals surface area contributed by atoms with E-state index in [9.17, 15) is 4.79 Å². The van der Waals surface area contributed by atoms with Crippen LogP contribution in [-0.4, -0.2) is 36.9 Å². The van der Waals surface area contributed by atoms with Gasteiger partial charge in [0.15, 0.2) is 6.61 Å². The zero-order chi connectivity index (χ0) is 24.9. The van der Waals surface area contributed by atoms with Crippen LogP contribution >= 0.6 is 0 Å². The number of carboxylic acids is 1. The second-order valence-electron chi connectivity index (χ2n) is 9.42. The number of aryl methyl sites for hydroxylation is 1. The van der Waals surface area contributed by atoms with Crippen LogP contribution in [0.5, 0.6) is 11.5 Å². The largest absolute Gasteiger partial charge is 0.489 e. The van der Waals surface area contributed by atoms with E-state index in [4.69, 9.17) is 14.6 Å². The smallest absolute Gasteiger partial charge is 0.341 e. The second-order valence-corrected chi connectivity index (χ2v) is 9.42. The maximum absolute atomic E-state index is 11.0. The lowest BCUT2D eigenvalue weighted by atomic mass is 9.83. The van der Waals surface area contributed by atoms with Gasteiger partial charge in [0.2, 0.25) is 0 Å². The standard InChI is InChI=1S/C31H31NO4/c1-21-15-24(17-25(16-21)35-20-31(33)34)29-18-26(36-30-12-5-4-11-28(29)30)19-32-14-13-23-9-6-8-22-7-2-3-10-27(22)23/h2-12,15-17,26,29,32H,13-14,18-20H2,1H3,(H,33,34). The Morgan fingerprint density at radius 2 is 1.83 bits per heavy atom. The van der Waals surface area contributed by atoms with Gasteiger partial charge in [-0.2, -0.15) is 0 Å². The van der Waals surface area contributed by atoms with E-state index in [1.165, 1.54) is 16.3 Å². The fourth-order valence-electron chi connectivity index (χ4n) is 5.14. The first-order valence-corrected chi connectivity index (χ1v) is 12.5. The zero-order valence-electron chi connectivity index (χ0n) is 20.4. The van der Waals surface area contributed by atoms with Gasteiger partial charge in [-0.05, 0) is 72.0 Å². The Morgan fingerprint density at radius 1 is 1.03 bits per heavy atom. The van der Waals surface area contributed by atoms with E-state index in [1.54, 1.807) is 0 Å². The lowest BCUT2D eigenvalue weighted by Crippen LogP contribution is -2.36. The summed E-state index contributed by atoms with van der Waals surface area (Å²) < 4.78 is 11.9. The molecule has 0 aliphatic carbocycles. The third kappa shape index (κ3) is 5.52. The predicted octanol–water partition coefficient (Wildman–Crippen LogP) is 5.73. The topological polar surface area (TPSA) is 67.8 Å². The van der Waals surface area contributed by atoms with Crippen LogP contribution in [0.4, 0.5) is 0 Å². The highest BCUT2D eigenvalue weighted by molar-refractivity contribution is 5.85. The third-order valence-electron chi connectivity index (χ3n) is 6.75. The van der Waals surface area contributed by atoms with E-state index in [-0.39, 0.29) is 18.6 Å². The van der Waals surface area contributed by atoms with Crippen molar-refractivity contribution >= 4 is 16.7 Å². The number of hydrogen-bond donors (Lipinski definition) is 2. The van der Waals surface area contributed by atoms with Gasteiger partial charge in [-0.1, -0.05) is 66.7 Å². The summed E-state index contributed by atoms with van der Waals surface area (Å²) in [7, 11) is 0. The van der Waals surface area contributed by atoms with Crippen molar-refractivity contribution < 1.29 is 19.4 Å². The molecule has 2 atom stereocenters. The number of nitrogens with one attached hydrogen (secondary N) is 1. The fourth-order valence-corrected chi connectivity index (χ4v) is 5.14. The van der Waals surface area contributed by atoms with Crippen molar-refractivity contribution in [3.8, 4) is 11.5 Å². The molecule has 4 aromatic rings. The monoisotopic (exact) mass is 481 g/mol. The van der Waals surface area contributed by atoms with Gasteiger partial charge in [0.1, 0.15) is 17.6 Å². The molecule has 1 aliphatic heterocycles. The van der Waals surface area contributed by atoms with Crippen molar-refractivity contribution in [2.45, 2.75) is 31.8 Å². The summed E-state index contributed by atoms with van der Waals surface area (Å²) >= 11 is 0. The molecule has 4 aromatic carbocycles. The van der Waals surface area contributed by atoms with Crippen molar-refractivity contribution in [2.24, 2.45) is 0 Å². The molecular formula is C31H31NO4. The number of benzene rings is 4. The van der Waals surface area contributed by atoms with Gasteiger partial charge < -0.3 is 19.9 Å². The lowest BCUT2D eigenvalue weighted by Gasteiger charge is -2.33. The van der Waals surface area contributed by atoms with E-state index in [0.717, 1.165) is 48.4 Å². The number of aliphatic carboxylic acids is 1. The maximum Gasteiger partial charge on any atom is 0.341 e. The molecule has 5 nitrogen and oxygen atoms in total. The van der Waals surface area contributed by atoms with Crippen LogP contribution in [0.15, 0.2) is 84.9 Å². The summed E-state index contributed by atoms with van der Waals surface area (Å²) in [6, 6.07) is 29.2.